The fourth-order valence-electron chi connectivity index (χ4n) is 4.53. The van der Waals surface area contributed by atoms with E-state index in [-0.39, 0.29) is 11.6 Å². The van der Waals surface area contributed by atoms with Gasteiger partial charge < -0.3 is 4.74 Å². The summed E-state index contributed by atoms with van der Waals surface area (Å²) in [5.74, 6) is 0. The monoisotopic (exact) mass is 291 g/mol. The van der Waals surface area contributed by atoms with Crippen molar-refractivity contribution in [3.8, 4) is 6.07 Å². The minimum Gasteiger partial charge on any atom is -0.375 e. The lowest BCUT2D eigenvalue weighted by Gasteiger charge is -2.46. The van der Waals surface area contributed by atoms with E-state index in [0.29, 0.717) is 6.04 Å². The van der Waals surface area contributed by atoms with Crippen LogP contribution in [0.5, 0.6) is 0 Å². The average molecular weight is 291 g/mol. The lowest BCUT2D eigenvalue weighted by molar-refractivity contribution is -0.106. The Morgan fingerprint density at radius 2 is 1.95 bits per heavy atom. The highest BCUT2D eigenvalue weighted by atomic mass is 16.5. The Hall–Kier alpha value is -0.630. The maximum absolute atomic E-state index is 9.21. The maximum atomic E-state index is 9.21. The van der Waals surface area contributed by atoms with Gasteiger partial charge in [-0.15, -0.1) is 0 Å². The van der Waals surface area contributed by atoms with E-state index in [1.54, 1.807) is 0 Å². The van der Waals surface area contributed by atoms with Crippen LogP contribution in [0.2, 0.25) is 0 Å². The second-order valence-electron chi connectivity index (χ2n) is 7.01. The number of rotatable bonds is 3. The molecule has 1 spiro atoms. The van der Waals surface area contributed by atoms with Gasteiger partial charge in [-0.25, -0.2) is 0 Å². The topological polar surface area (TPSA) is 39.5 Å². The standard InChI is InChI=1S/C17H29N3O/c1-2-15(14-18)19-8-10-20(11-9-19)16-5-12-21-17(13-16)6-3-4-7-17/h15-16H,2-13H2,1H3. The summed E-state index contributed by atoms with van der Waals surface area (Å²) in [5, 5.41) is 9.21. The number of nitrogens with zero attached hydrogens (tertiary/aromatic N) is 3. The first kappa shape index (κ1) is 15.3. The molecule has 2 unspecified atom stereocenters. The zero-order chi connectivity index (χ0) is 14.7. The molecule has 2 aliphatic heterocycles. The normalized spacial score (nSPS) is 32.1. The van der Waals surface area contributed by atoms with E-state index in [2.05, 4.69) is 22.8 Å². The molecule has 21 heavy (non-hydrogen) atoms. The molecule has 0 aromatic heterocycles. The smallest absolute Gasteiger partial charge is 0.0976 e. The highest BCUT2D eigenvalue weighted by molar-refractivity contribution is 4.97. The largest absolute Gasteiger partial charge is 0.375 e. The number of piperazine rings is 1. The summed E-state index contributed by atoms with van der Waals surface area (Å²) in [7, 11) is 0. The van der Waals surface area contributed by atoms with Crippen molar-refractivity contribution in [3.63, 3.8) is 0 Å². The first-order valence-corrected chi connectivity index (χ1v) is 8.78. The lowest BCUT2D eigenvalue weighted by Crippen LogP contribution is -2.55. The van der Waals surface area contributed by atoms with Crippen LogP contribution in [-0.2, 0) is 4.74 Å². The Kier molecular flexibility index (Phi) is 4.83. The Bertz CT molecular complexity index is 378. The molecule has 1 aliphatic carbocycles. The fraction of sp³-hybridized carbons (Fsp3) is 0.941. The van der Waals surface area contributed by atoms with Crippen molar-refractivity contribution in [1.29, 1.82) is 5.26 Å². The van der Waals surface area contributed by atoms with Crippen LogP contribution in [0.4, 0.5) is 0 Å². The Labute approximate surface area is 129 Å². The van der Waals surface area contributed by atoms with Crippen molar-refractivity contribution in [3.05, 3.63) is 0 Å². The van der Waals surface area contributed by atoms with Crippen molar-refractivity contribution >= 4 is 0 Å². The highest BCUT2D eigenvalue weighted by Gasteiger charge is 2.42. The second kappa shape index (κ2) is 6.64. The Balaban J connectivity index is 1.53. The van der Waals surface area contributed by atoms with Crippen LogP contribution >= 0.6 is 0 Å². The van der Waals surface area contributed by atoms with E-state index in [1.165, 1.54) is 38.5 Å². The summed E-state index contributed by atoms with van der Waals surface area (Å²) in [6.07, 6.45) is 8.61. The summed E-state index contributed by atoms with van der Waals surface area (Å²) >= 11 is 0. The number of hydrogen-bond donors (Lipinski definition) is 0. The minimum atomic E-state index is 0.114. The van der Waals surface area contributed by atoms with Gasteiger partial charge in [0.05, 0.1) is 17.7 Å². The molecule has 1 saturated carbocycles. The second-order valence-corrected chi connectivity index (χ2v) is 7.01. The zero-order valence-corrected chi connectivity index (χ0v) is 13.4. The zero-order valence-electron chi connectivity index (χ0n) is 13.4. The molecule has 0 aromatic carbocycles. The molecule has 2 saturated heterocycles. The van der Waals surface area contributed by atoms with Crippen LogP contribution < -0.4 is 0 Å². The molecule has 0 bridgehead atoms. The average Bonchev–Trinajstić information content (AvgIpc) is 2.97. The molecular formula is C17H29N3O. The third-order valence-electron chi connectivity index (χ3n) is 5.82. The minimum absolute atomic E-state index is 0.114. The van der Waals surface area contributed by atoms with Gasteiger partial charge in [-0.3, -0.25) is 9.80 Å². The van der Waals surface area contributed by atoms with Gasteiger partial charge in [-0.2, -0.15) is 5.26 Å². The molecule has 3 aliphatic rings. The van der Waals surface area contributed by atoms with Gasteiger partial charge in [0.15, 0.2) is 0 Å². The van der Waals surface area contributed by atoms with Gasteiger partial charge in [0.2, 0.25) is 0 Å². The molecule has 2 atom stereocenters. The SMILES string of the molecule is CCC(C#N)N1CCN(C2CCOC3(CCCC3)C2)CC1. The first-order valence-electron chi connectivity index (χ1n) is 8.78. The highest BCUT2D eigenvalue weighted by Crippen LogP contribution is 2.41. The van der Waals surface area contributed by atoms with Crippen molar-refractivity contribution in [2.75, 3.05) is 32.8 Å². The van der Waals surface area contributed by atoms with Crippen LogP contribution in [0, 0.1) is 11.3 Å². The molecule has 4 heteroatoms. The van der Waals surface area contributed by atoms with Crippen LogP contribution in [-0.4, -0.2) is 60.3 Å². The van der Waals surface area contributed by atoms with Crippen LogP contribution in [0.25, 0.3) is 0 Å². The molecule has 0 amide bonds. The predicted molar refractivity (Wildman–Crippen MR) is 83.0 cm³/mol. The summed E-state index contributed by atoms with van der Waals surface area (Å²) in [6.45, 7) is 7.41. The van der Waals surface area contributed by atoms with Crippen LogP contribution in [0.15, 0.2) is 0 Å². The van der Waals surface area contributed by atoms with Gasteiger partial charge in [-0.05, 0) is 32.1 Å². The molecular weight excluding hydrogens is 262 g/mol. The van der Waals surface area contributed by atoms with Gasteiger partial charge in [0.25, 0.3) is 0 Å². The molecule has 3 rings (SSSR count). The Morgan fingerprint density at radius 1 is 1.24 bits per heavy atom. The van der Waals surface area contributed by atoms with E-state index in [4.69, 9.17) is 4.74 Å². The molecule has 118 valence electrons. The van der Waals surface area contributed by atoms with E-state index in [0.717, 1.165) is 39.2 Å². The quantitative estimate of drug-likeness (QED) is 0.800. The molecule has 0 N–H and O–H groups in total. The molecule has 0 aromatic rings. The van der Waals surface area contributed by atoms with E-state index in [9.17, 15) is 5.26 Å². The van der Waals surface area contributed by atoms with Crippen LogP contribution in [0.3, 0.4) is 0 Å². The fourth-order valence-corrected chi connectivity index (χ4v) is 4.53. The van der Waals surface area contributed by atoms with Gasteiger partial charge in [-0.1, -0.05) is 19.8 Å². The summed E-state index contributed by atoms with van der Waals surface area (Å²) in [4.78, 5) is 5.03. The molecule has 3 fully saturated rings. The summed E-state index contributed by atoms with van der Waals surface area (Å²) < 4.78 is 6.16. The third-order valence-corrected chi connectivity index (χ3v) is 5.82. The third kappa shape index (κ3) is 3.26. The molecule has 4 nitrogen and oxygen atoms in total. The van der Waals surface area contributed by atoms with Gasteiger partial charge >= 0.3 is 0 Å². The van der Waals surface area contributed by atoms with Gasteiger partial charge in [0, 0.05) is 38.8 Å². The Morgan fingerprint density at radius 3 is 2.57 bits per heavy atom. The number of ether oxygens (including phenoxy) is 1. The first-order chi connectivity index (χ1) is 10.3. The van der Waals surface area contributed by atoms with Gasteiger partial charge in [0.1, 0.15) is 0 Å². The van der Waals surface area contributed by atoms with E-state index >= 15 is 0 Å². The molecule has 2 heterocycles. The van der Waals surface area contributed by atoms with Crippen LogP contribution in [0.1, 0.15) is 51.9 Å². The lowest BCUT2D eigenvalue weighted by atomic mass is 9.88. The van der Waals surface area contributed by atoms with Crippen molar-refractivity contribution < 1.29 is 4.74 Å². The summed E-state index contributed by atoms with van der Waals surface area (Å²) in [6, 6.07) is 3.27. The van der Waals surface area contributed by atoms with Crippen molar-refractivity contribution in [2.45, 2.75) is 69.6 Å². The summed E-state index contributed by atoms with van der Waals surface area (Å²) in [5.41, 5.74) is 0.221. The number of hydrogen-bond acceptors (Lipinski definition) is 4. The maximum Gasteiger partial charge on any atom is 0.0976 e. The predicted octanol–water partition coefficient (Wildman–Crippen LogP) is 2.40. The van der Waals surface area contributed by atoms with Crippen molar-refractivity contribution in [1.82, 2.24) is 9.80 Å². The van der Waals surface area contributed by atoms with E-state index in [1.807, 2.05) is 0 Å². The number of nitriles is 1. The van der Waals surface area contributed by atoms with E-state index < -0.39 is 0 Å². The van der Waals surface area contributed by atoms with Crippen molar-refractivity contribution in [2.24, 2.45) is 0 Å². The molecule has 0 radical (unpaired) electrons.